The highest BCUT2D eigenvalue weighted by atomic mass is 16.3. The van der Waals surface area contributed by atoms with Crippen LogP contribution in [0.2, 0.25) is 0 Å². The number of benzene rings is 1. The van der Waals surface area contributed by atoms with Crippen LogP contribution >= 0.6 is 0 Å². The fraction of sp³-hybridized carbons (Fsp3) is 0.360. The lowest BCUT2D eigenvalue weighted by molar-refractivity contribution is -0.135. The van der Waals surface area contributed by atoms with Crippen LogP contribution in [0.4, 0.5) is 5.95 Å². The number of aryl methyl sites for hydroxylation is 1. The lowest BCUT2D eigenvalue weighted by atomic mass is 10.1. The summed E-state index contributed by atoms with van der Waals surface area (Å²) in [5, 5.41) is 34.5. The lowest BCUT2D eigenvalue weighted by Gasteiger charge is -2.31. The second-order valence-electron chi connectivity index (χ2n) is 8.48. The monoisotopic (exact) mass is 490 g/mol. The van der Waals surface area contributed by atoms with Crippen LogP contribution in [0.25, 0.3) is 11.3 Å². The highest BCUT2D eigenvalue weighted by molar-refractivity contribution is 5.95. The Morgan fingerprint density at radius 1 is 1.31 bits per heavy atom. The topological polar surface area (TPSA) is 167 Å². The van der Waals surface area contributed by atoms with Gasteiger partial charge in [0.05, 0.1) is 17.5 Å². The molecule has 3 rings (SSSR count). The van der Waals surface area contributed by atoms with Gasteiger partial charge in [0.2, 0.25) is 11.9 Å². The van der Waals surface area contributed by atoms with Gasteiger partial charge in [-0.15, -0.1) is 0 Å². The van der Waals surface area contributed by atoms with E-state index in [0.717, 1.165) is 30.2 Å². The Morgan fingerprint density at radius 3 is 2.61 bits per heavy atom. The molecule has 0 aliphatic carbocycles. The molecule has 1 fully saturated rings. The van der Waals surface area contributed by atoms with Crippen molar-refractivity contribution < 1.29 is 14.7 Å². The van der Waals surface area contributed by atoms with Gasteiger partial charge >= 0.3 is 0 Å². The second kappa shape index (κ2) is 12.4. The number of nitriles is 1. The number of nitrogens with zero attached hydrogens (tertiary/aromatic N) is 4. The number of rotatable bonds is 9. The van der Waals surface area contributed by atoms with Gasteiger partial charge in [-0.2, -0.15) is 5.26 Å². The first-order chi connectivity index (χ1) is 17.3. The van der Waals surface area contributed by atoms with Crippen LogP contribution in [-0.4, -0.2) is 69.8 Å². The van der Waals surface area contributed by atoms with Crippen LogP contribution in [-0.2, 0) is 4.79 Å². The third-order valence-corrected chi connectivity index (χ3v) is 5.80. The summed E-state index contributed by atoms with van der Waals surface area (Å²) in [6.07, 6.45) is 6.02. The average molecular weight is 491 g/mol. The van der Waals surface area contributed by atoms with Crippen LogP contribution in [0, 0.1) is 23.7 Å². The van der Waals surface area contributed by atoms with Crippen LogP contribution in [0.15, 0.2) is 42.4 Å². The number of aliphatic hydroxyl groups is 1. The minimum Gasteiger partial charge on any atom is -0.387 e. The zero-order valence-electron chi connectivity index (χ0n) is 20.3. The number of hydrogen-bond donors (Lipinski definition) is 5. The first kappa shape index (κ1) is 26.3. The molecule has 1 aromatic carbocycles. The van der Waals surface area contributed by atoms with Crippen LogP contribution in [0.5, 0.6) is 0 Å². The maximum atomic E-state index is 12.2. The van der Waals surface area contributed by atoms with E-state index in [-0.39, 0.29) is 17.9 Å². The Kier molecular flexibility index (Phi) is 9.07. The van der Waals surface area contributed by atoms with Crippen LogP contribution in [0.3, 0.4) is 0 Å². The average Bonchev–Trinajstić information content (AvgIpc) is 2.91. The molecule has 5 N–H and O–H groups in total. The first-order valence-corrected chi connectivity index (χ1v) is 11.6. The number of allylic oxidation sites excluding steroid dienone is 1. The number of likely N-dealkylation sites (tertiary alicyclic amines) is 1. The summed E-state index contributed by atoms with van der Waals surface area (Å²) in [6.45, 7) is 4.17. The van der Waals surface area contributed by atoms with Gasteiger partial charge in [-0.1, -0.05) is 12.1 Å². The van der Waals surface area contributed by atoms with Crippen LogP contribution in [0.1, 0.15) is 35.7 Å². The Labute approximate surface area is 209 Å². The Balaban J connectivity index is 1.66. The predicted molar refractivity (Wildman–Crippen MR) is 135 cm³/mol. The summed E-state index contributed by atoms with van der Waals surface area (Å²) in [5.74, 6) is -0.263. The minimum atomic E-state index is -0.580. The summed E-state index contributed by atoms with van der Waals surface area (Å²) in [4.78, 5) is 34.4. The maximum absolute atomic E-state index is 12.2. The van der Waals surface area contributed by atoms with Crippen molar-refractivity contribution in [2.45, 2.75) is 38.8 Å². The number of piperidine rings is 1. The van der Waals surface area contributed by atoms with Gasteiger partial charge in [-0.05, 0) is 44.4 Å². The van der Waals surface area contributed by atoms with Crippen molar-refractivity contribution in [2.24, 2.45) is 0 Å². The molecule has 0 unspecified atom stereocenters. The summed E-state index contributed by atoms with van der Waals surface area (Å²) >= 11 is 0. The maximum Gasteiger partial charge on any atom is 0.252 e. The van der Waals surface area contributed by atoms with Crippen molar-refractivity contribution in [1.82, 2.24) is 25.5 Å². The van der Waals surface area contributed by atoms with E-state index in [1.54, 1.807) is 48.5 Å². The quantitative estimate of drug-likeness (QED) is 0.330. The summed E-state index contributed by atoms with van der Waals surface area (Å²) in [7, 11) is 0. The first-order valence-electron chi connectivity index (χ1n) is 11.6. The summed E-state index contributed by atoms with van der Waals surface area (Å²) < 4.78 is 0. The number of amides is 2. The summed E-state index contributed by atoms with van der Waals surface area (Å²) in [5.41, 5.74) is 3.24. The molecular formula is C25H30N8O3. The third kappa shape index (κ3) is 6.86. The van der Waals surface area contributed by atoms with E-state index >= 15 is 0 Å². The summed E-state index contributed by atoms with van der Waals surface area (Å²) in [6, 6.07) is 8.46. The molecule has 2 heterocycles. The Bertz CT molecular complexity index is 1160. The van der Waals surface area contributed by atoms with Crippen molar-refractivity contribution >= 4 is 24.0 Å². The molecule has 36 heavy (non-hydrogen) atoms. The highest BCUT2D eigenvalue weighted by Crippen LogP contribution is 2.23. The van der Waals surface area contributed by atoms with Gasteiger partial charge in [-0.25, -0.2) is 9.97 Å². The van der Waals surface area contributed by atoms with Crippen molar-refractivity contribution in [3.05, 3.63) is 53.5 Å². The molecule has 0 spiro atoms. The molecule has 1 atom stereocenters. The van der Waals surface area contributed by atoms with Gasteiger partial charge in [-0.3, -0.25) is 9.59 Å². The SMILES string of the molecule is Cc1cnc(N/C(C=N)=C/NC2CCN(C(=O)CO)CC2)nc1-c1ccc(C(=O)N[C@@H](C)C#N)cc1. The van der Waals surface area contributed by atoms with Crippen molar-refractivity contribution in [3.63, 3.8) is 0 Å². The second-order valence-corrected chi connectivity index (χ2v) is 8.48. The van der Waals surface area contributed by atoms with Crippen molar-refractivity contribution in [1.29, 1.82) is 10.7 Å². The number of carbonyl (C=O) groups is 2. The molecule has 0 radical (unpaired) electrons. The standard InChI is InChI=1S/C25H30N8O3/c1-16-13-29-25(31-21(12-27)14-28-20-7-9-33(10-8-20)22(35)15-34)32-23(16)18-3-5-19(6-4-18)24(36)30-17(2)11-26/h3-6,12-14,17,20,27-28,34H,7-10,15H2,1-2H3,(H,30,36)(H,29,31,32)/b21-14+,27-12?/t17-/m0/s1. The van der Waals surface area contributed by atoms with E-state index in [2.05, 4.69) is 25.9 Å². The molecule has 188 valence electrons. The number of nitrogens with one attached hydrogen (secondary N) is 4. The Hall–Kier alpha value is -4.30. The van der Waals surface area contributed by atoms with Crippen molar-refractivity contribution in [3.8, 4) is 17.3 Å². The zero-order valence-corrected chi connectivity index (χ0v) is 20.3. The van der Waals surface area contributed by atoms with E-state index in [1.807, 2.05) is 13.0 Å². The number of carbonyl (C=O) groups excluding carboxylic acids is 2. The number of aliphatic hydroxyl groups excluding tert-OH is 1. The van der Waals surface area contributed by atoms with Crippen molar-refractivity contribution in [2.75, 3.05) is 25.0 Å². The van der Waals surface area contributed by atoms with Crippen LogP contribution < -0.4 is 16.0 Å². The van der Waals surface area contributed by atoms with E-state index in [4.69, 9.17) is 15.8 Å². The van der Waals surface area contributed by atoms with E-state index < -0.39 is 12.6 Å². The van der Waals surface area contributed by atoms with Gasteiger partial charge in [0.1, 0.15) is 12.6 Å². The molecular weight excluding hydrogens is 460 g/mol. The fourth-order valence-electron chi connectivity index (χ4n) is 3.73. The van der Waals surface area contributed by atoms with E-state index in [9.17, 15) is 9.59 Å². The number of aromatic nitrogens is 2. The Morgan fingerprint density at radius 2 is 2.00 bits per heavy atom. The van der Waals surface area contributed by atoms with E-state index in [0.29, 0.717) is 36.0 Å². The van der Waals surface area contributed by atoms with Gasteiger partial charge in [0.15, 0.2) is 0 Å². The fourth-order valence-corrected chi connectivity index (χ4v) is 3.73. The normalized spacial score (nSPS) is 14.9. The molecule has 11 nitrogen and oxygen atoms in total. The smallest absolute Gasteiger partial charge is 0.252 e. The molecule has 1 saturated heterocycles. The molecule has 0 saturated carbocycles. The van der Waals surface area contributed by atoms with E-state index in [1.165, 1.54) is 0 Å². The predicted octanol–water partition coefficient (Wildman–Crippen LogP) is 1.57. The molecule has 1 aliphatic rings. The number of anilines is 1. The van der Waals surface area contributed by atoms with Gasteiger partial charge in [0.25, 0.3) is 5.91 Å². The highest BCUT2D eigenvalue weighted by Gasteiger charge is 2.21. The largest absolute Gasteiger partial charge is 0.387 e. The van der Waals surface area contributed by atoms with Gasteiger partial charge in [0, 0.05) is 48.9 Å². The molecule has 11 heteroatoms. The zero-order chi connectivity index (χ0) is 26.1. The van der Waals surface area contributed by atoms with Gasteiger partial charge < -0.3 is 31.4 Å². The molecule has 2 aromatic rings. The molecule has 1 aliphatic heterocycles. The lowest BCUT2D eigenvalue weighted by Crippen LogP contribution is -2.44. The molecule has 1 aromatic heterocycles. The third-order valence-electron chi connectivity index (χ3n) is 5.80. The molecule has 0 bridgehead atoms. The number of hydrogen-bond acceptors (Lipinski definition) is 9. The molecule has 2 amide bonds. The minimum absolute atomic E-state index is 0.144.